The van der Waals surface area contributed by atoms with Crippen LogP contribution in [0.2, 0.25) is 0 Å². The Bertz CT molecular complexity index is 1970. The van der Waals surface area contributed by atoms with Gasteiger partial charge in [0.2, 0.25) is 23.6 Å². The number of rotatable bonds is 4. The van der Waals surface area contributed by atoms with Gasteiger partial charge in [0.05, 0.1) is 0 Å². The molecule has 0 radical (unpaired) electrons. The molecule has 3 aliphatic heterocycles. The topological polar surface area (TPSA) is 176 Å². The number of aromatic nitrogens is 2. The van der Waals surface area contributed by atoms with E-state index in [1.807, 2.05) is 32.9 Å². The molecule has 7 rings (SSSR count). The minimum atomic E-state index is -1.33. The Balaban J connectivity index is 1.51. The lowest BCUT2D eigenvalue weighted by Crippen LogP contribution is -2.53. The molecule has 4 bridgehead atoms. The highest BCUT2D eigenvalue weighted by molar-refractivity contribution is 5.90. The zero-order chi connectivity index (χ0) is 33.4. The van der Waals surface area contributed by atoms with Crippen LogP contribution in [0.4, 0.5) is 10.1 Å². The van der Waals surface area contributed by atoms with Crippen molar-refractivity contribution in [3.63, 3.8) is 0 Å². The van der Waals surface area contributed by atoms with Crippen LogP contribution in [0.15, 0.2) is 51.5 Å². The molecule has 0 saturated carbocycles. The van der Waals surface area contributed by atoms with Crippen molar-refractivity contribution in [2.24, 2.45) is 11.3 Å². The van der Waals surface area contributed by atoms with Gasteiger partial charge < -0.3 is 34.6 Å². The lowest BCUT2D eigenvalue weighted by molar-refractivity contribution is -0.136. The number of hydrogen-bond acceptors (Lipinski definition) is 10. The average Bonchev–Trinajstić information content (AvgIpc) is 3.79. The standard InChI is InChI=1S/C34H33FN6O6/c1-15(2)25(42)29(44)38-22-11-16-6-9-23-20(10-16)34(19-12-17(35)7-8-21(19)39-32(34)46-23)27-24(30-37-18(13-36)14-45-30)40-31(47-27)26(33(3,4)5)41-28(22)43/h6-10,12,14-15,22,25-26,32,39,42H,11H2,1-5H3,(H,38,44)(H,41,43)/t22?,25-,26?,32?,34-/m0/s1. The van der Waals surface area contributed by atoms with Crippen LogP contribution in [0.3, 0.4) is 0 Å². The Kier molecular flexibility index (Phi) is 6.91. The molecule has 0 saturated heterocycles. The summed E-state index contributed by atoms with van der Waals surface area (Å²) in [4.78, 5) is 36.3. The summed E-state index contributed by atoms with van der Waals surface area (Å²) in [6.07, 6.45) is -0.860. The molecule has 2 amide bonds. The molecule has 47 heavy (non-hydrogen) atoms. The van der Waals surface area contributed by atoms with E-state index in [0.717, 1.165) is 0 Å². The van der Waals surface area contributed by atoms with E-state index in [4.69, 9.17) is 18.6 Å². The Hall–Kier alpha value is -5.22. The molecule has 0 fully saturated rings. The second-order valence-corrected chi connectivity index (χ2v) is 13.6. The summed E-state index contributed by atoms with van der Waals surface area (Å²) in [6, 6.07) is 9.80. The number of carbonyl (C=O) groups is 2. The maximum Gasteiger partial charge on any atom is 0.250 e. The van der Waals surface area contributed by atoms with Crippen molar-refractivity contribution in [3.8, 4) is 23.4 Å². The van der Waals surface area contributed by atoms with Gasteiger partial charge in [0.1, 0.15) is 47.5 Å². The van der Waals surface area contributed by atoms with Crippen LogP contribution in [-0.4, -0.2) is 45.3 Å². The van der Waals surface area contributed by atoms with E-state index in [1.165, 1.54) is 18.4 Å². The van der Waals surface area contributed by atoms with E-state index in [2.05, 4.69) is 20.9 Å². The number of aliphatic hydroxyl groups is 1. The Morgan fingerprint density at radius 2 is 1.96 bits per heavy atom. The highest BCUT2D eigenvalue weighted by Crippen LogP contribution is 2.59. The summed E-state index contributed by atoms with van der Waals surface area (Å²) < 4.78 is 34.0. The smallest absolute Gasteiger partial charge is 0.250 e. The number of amides is 2. The molecular formula is C34H33FN6O6. The first-order chi connectivity index (χ1) is 22.3. The third-order valence-electron chi connectivity index (χ3n) is 9.00. The molecule has 5 heterocycles. The lowest BCUT2D eigenvalue weighted by Gasteiger charge is -2.32. The number of carbonyl (C=O) groups excluding carboxylic acids is 2. The fourth-order valence-corrected chi connectivity index (χ4v) is 6.57. The summed E-state index contributed by atoms with van der Waals surface area (Å²) in [7, 11) is 0. The van der Waals surface area contributed by atoms with Gasteiger partial charge in [-0.1, -0.05) is 46.8 Å². The summed E-state index contributed by atoms with van der Waals surface area (Å²) in [6.45, 7) is 9.09. The van der Waals surface area contributed by atoms with Gasteiger partial charge in [0.15, 0.2) is 23.4 Å². The number of ether oxygens (including phenoxy) is 1. The van der Waals surface area contributed by atoms with Gasteiger partial charge in [0, 0.05) is 23.2 Å². The maximum absolute atomic E-state index is 15.1. The number of aliphatic hydroxyl groups excluding tert-OH is 1. The van der Waals surface area contributed by atoms with Crippen LogP contribution in [-0.2, 0) is 21.4 Å². The first-order valence-corrected chi connectivity index (χ1v) is 15.3. The second kappa shape index (κ2) is 10.7. The molecule has 2 aromatic carbocycles. The first kappa shape index (κ1) is 30.4. The Morgan fingerprint density at radius 1 is 1.17 bits per heavy atom. The second-order valence-electron chi connectivity index (χ2n) is 13.6. The van der Waals surface area contributed by atoms with E-state index in [9.17, 15) is 20.0 Å². The highest BCUT2D eigenvalue weighted by atomic mass is 19.1. The molecule has 3 aliphatic rings. The Morgan fingerprint density at radius 3 is 2.66 bits per heavy atom. The van der Waals surface area contributed by atoms with Crippen molar-refractivity contribution in [2.45, 2.75) is 70.9 Å². The van der Waals surface area contributed by atoms with Crippen molar-refractivity contribution in [3.05, 3.63) is 82.5 Å². The maximum atomic E-state index is 15.1. The van der Waals surface area contributed by atoms with Crippen LogP contribution in [0.25, 0.3) is 11.6 Å². The van der Waals surface area contributed by atoms with Crippen molar-refractivity contribution >= 4 is 17.5 Å². The van der Waals surface area contributed by atoms with Gasteiger partial charge >= 0.3 is 0 Å². The predicted octanol–water partition coefficient (Wildman–Crippen LogP) is 4.08. The van der Waals surface area contributed by atoms with E-state index in [-0.39, 0.29) is 41.3 Å². The van der Waals surface area contributed by atoms with Crippen LogP contribution in [0.5, 0.6) is 5.75 Å². The first-order valence-electron chi connectivity index (χ1n) is 15.3. The molecule has 5 atom stereocenters. The van der Waals surface area contributed by atoms with Crippen molar-refractivity contribution in [1.29, 1.82) is 5.26 Å². The zero-order valence-electron chi connectivity index (χ0n) is 26.3. The fourth-order valence-electron chi connectivity index (χ4n) is 6.57. The molecule has 13 heteroatoms. The van der Waals surface area contributed by atoms with Crippen LogP contribution >= 0.6 is 0 Å². The third kappa shape index (κ3) is 4.74. The number of anilines is 1. The number of halogens is 1. The third-order valence-corrected chi connectivity index (χ3v) is 9.00. The molecule has 4 N–H and O–H groups in total. The molecule has 3 unspecified atom stereocenters. The van der Waals surface area contributed by atoms with Crippen molar-refractivity contribution in [2.75, 3.05) is 5.32 Å². The predicted molar refractivity (Wildman–Crippen MR) is 164 cm³/mol. The van der Waals surface area contributed by atoms with Gasteiger partial charge in [-0.2, -0.15) is 10.2 Å². The van der Waals surface area contributed by atoms with Gasteiger partial charge in [-0.25, -0.2) is 9.37 Å². The fraction of sp³-hybridized carbons (Fsp3) is 0.382. The van der Waals surface area contributed by atoms with Gasteiger partial charge in [-0.3, -0.25) is 9.59 Å². The zero-order valence-corrected chi connectivity index (χ0v) is 26.3. The van der Waals surface area contributed by atoms with Crippen LogP contribution < -0.4 is 20.7 Å². The molecule has 1 spiro atoms. The quantitative estimate of drug-likeness (QED) is 0.254. The SMILES string of the molecule is CC(C)[C@H](O)C(=O)NC1Cc2ccc3c(c2)[C@@]2(c4cc(F)ccc4NC2O3)c2oc(nc2-c2nc(C#N)co2)C(C(C)(C)C)NC1=O. The molecular weight excluding hydrogens is 607 g/mol. The lowest BCUT2D eigenvalue weighted by atomic mass is 9.72. The Labute approximate surface area is 269 Å². The van der Waals surface area contributed by atoms with Crippen LogP contribution in [0.1, 0.15) is 74.7 Å². The van der Waals surface area contributed by atoms with Crippen molar-refractivity contribution < 1.29 is 32.7 Å². The normalized spacial score (nSPS) is 23.3. The van der Waals surface area contributed by atoms with Gasteiger partial charge in [-0.05, 0) is 41.2 Å². The molecule has 242 valence electrons. The van der Waals surface area contributed by atoms with Crippen molar-refractivity contribution in [1.82, 2.24) is 20.6 Å². The van der Waals surface area contributed by atoms with Crippen LogP contribution in [0, 0.1) is 28.5 Å². The number of benzene rings is 2. The summed E-state index contributed by atoms with van der Waals surface area (Å²) in [5, 5.41) is 29.2. The number of fused-ring (bicyclic) bond motifs is 4. The number of nitriles is 1. The van der Waals surface area contributed by atoms with E-state index in [1.54, 1.807) is 32.0 Å². The summed E-state index contributed by atoms with van der Waals surface area (Å²) in [5.41, 5.74) is 0.576. The molecule has 2 aromatic heterocycles. The van der Waals surface area contributed by atoms with E-state index < -0.39 is 52.9 Å². The van der Waals surface area contributed by atoms with E-state index in [0.29, 0.717) is 28.1 Å². The largest absolute Gasteiger partial charge is 0.469 e. The summed E-state index contributed by atoms with van der Waals surface area (Å²) >= 11 is 0. The summed E-state index contributed by atoms with van der Waals surface area (Å²) in [5.74, 6) is -1.24. The minimum absolute atomic E-state index is 0.00389. The monoisotopic (exact) mass is 640 g/mol. The number of hydrogen-bond donors (Lipinski definition) is 4. The van der Waals surface area contributed by atoms with E-state index >= 15 is 4.39 Å². The van der Waals surface area contributed by atoms with Gasteiger partial charge in [0.25, 0.3) is 0 Å². The number of nitrogens with zero attached hydrogens (tertiary/aromatic N) is 3. The minimum Gasteiger partial charge on any atom is -0.469 e. The number of nitrogens with one attached hydrogen (secondary N) is 3. The number of oxazole rings is 2. The average molecular weight is 641 g/mol. The molecule has 4 aromatic rings. The molecule has 0 aliphatic carbocycles. The highest BCUT2D eigenvalue weighted by Gasteiger charge is 2.61. The molecule has 12 nitrogen and oxygen atoms in total. The van der Waals surface area contributed by atoms with Gasteiger partial charge in [-0.15, -0.1) is 0 Å².